The SMILES string of the molecule is Fc1cccc([C@]2(F)CC[C@H]2F)c1. The maximum absolute atomic E-state index is 13.7. The van der Waals surface area contributed by atoms with Crippen molar-refractivity contribution in [3.8, 4) is 0 Å². The lowest BCUT2D eigenvalue weighted by Gasteiger charge is -2.38. The summed E-state index contributed by atoms with van der Waals surface area (Å²) in [6, 6.07) is 5.11. The molecule has 1 saturated carbocycles. The smallest absolute Gasteiger partial charge is 0.167 e. The summed E-state index contributed by atoms with van der Waals surface area (Å²) >= 11 is 0. The summed E-state index contributed by atoms with van der Waals surface area (Å²) in [5.74, 6) is -0.520. The normalized spacial score (nSPS) is 32.7. The zero-order valence-electron chi connectivity index (χ0n) is 6.93. The highest BCUT2D eigenvalue weighted by Crippen LogP contribution is 2.47. The van der Waals surface area contributed by atoms with Gasteiger partial charge in [0.2, 0.25) is 0 Å². The molecule has 1 aromatic carbocycles. The summed E-state index contributed by atoms with van der Waals surface area (Å²) in [7, 11) is 0. The van der Waals surface area contributed by atoms with E-state index in [1.807, 2.05) is 0 Å². The van der Waals surface area contributed by atoms with E-state index in [2.05, 4.69) is 0 Å². The van der Waals surface area contributed by atoms with Crippen molar-refractivity contribution in [1.82, 2.24) is 0 Å². The van der Waals surface area contributed by atoms with Crippen LogP contribution in [-0.2, 0) is 5.67 Å². The van der Waals surface area contributed by atoms with E-state index in [0.29, 0.717) is 0 Å². The Morgan fingerprint density at radius 3 is 2.62 bits per heavy atom. The van der Waals surface area contributed by atoms with Gasteiger partial charge in [-0.25, -0.2) is 13.2 Å². The third-order valence-electron chi connectivity index (χ3n) is 2.56. The Labute approximate surface area is 74.4 Å². The fourth-order valence-electron chi connectivity index (χ4n) is 1.58. The van der Waals surface area contributed by atoms with Crippen molar-refractivity contribution < 1.29 is 13.2 Å². The van der Waals surface area contributed by atoms with Crippen molar-refractivity contribution >= 4 is 0 Å². The molecule has 1 aliphatic carbocycles. The Morgan fingerprint density at radius 2 is 2.15 bits per heavy atom. The first-order chi connectivity index (χ1) is 6.13. The van der Waals surface area contributed by atoms with E-state index in [4.69, 9.17) is 0 Å². The van der Waals surface area contributed by atoms with Gasteiger partial charge in [0.25, 0.3) is 0 Å². The van der Waals surface area contributed by atoms with E-state index in [-0.39, 0.29) is 18.4 Å². The Balaban J connectivity index is 2.35. The number of rotatable bonds is 1. The molecule has 0 bridgehead atoms. The lowest BCUT2D eigenvalue weighted by Crippen LogP contribution is -2.42. The van der Waals surface area contributed by atoms with Crippen LogP contribution in [0.2, 0.25) is 0 Å². The highest BCUT2D eigenvalue weighted by Gasteiger charge is 2.49. The van der Waals surface area contributed by atoms with Crippen LogP contribution < -0.4 is 0 Å². The maximum atomic E-state index is 13.7. The van der Waals surface area contributed by atoms with Gasteiger partial charge in [-0.15, -0.1) is 0 Å². The summed E-state index contributed by atoms with van der Waals surface area (Å²) < 4.78 is 39.3. The van der Waals surface area contributed by atoms with Gasteiger partial charge in [-0.1, -0.05) is 12.1 Å². The molecule has 2 atom stereocenters. The molecule has 0 radical (unpaired) electrons. The monoisotopic (exact) mass is 186 g/mol. The number of hydrogen-bond acceptors (Lipinski definition) is 0. The van der Waals surface area contributed by atoms with Gasteiger partial charge >= 0.3 is 0 Å². The minimum Gasteiger partial charge on any atom is -0.244 e. The van der Waals surface area contributed by atoms with Crippen molar-refractivity contribution in [1.29, 1.82) is 0 Å². The van der Waals surface area contributed by atoms with E-state index in [1.54, 1.807) is 0 Å². The Bertz CT molecular complexity index is 324. The molecule has 2 rings (SSSR count). The molecule has 0 nitrogen and oxygen atoms in total. The molecule has 0 aromatic heterocycles. The highest BCUT2D eigenvalue weighted by molar-refractivity contribution is 5.27. The summed E-state index contributed by atoms with van der Waals surface area (Å²) in [6.07, 6.45) is -1.10. The Morgan fingerprint density at radius 1 is 1.38 bits per heavy atom. The Hall–Kier alpha value is -0.990. The fraction of sp³-hybridized carbons (Fsp3) is 0.400. The number of hydrogen-bond donors (Lipinski definition) is 0. The molecule has 0 saturated heterocycles. The van der Waals surface area contributed by atoms with Gasteiger partial charge < -0.3 is 0 Å². The van der Waals surface area contributed by atoms with E-state index in [9.17, 15) is 13.2 Å². The van der Waals surface area contributed by atoms with E-state index in [0.717, 1.165) is 6.07 Å². The number of alkyl halides is 2. The van der Waals surface area contributed by atoms with Crippen molar-refractivity contribution in [3.63, 3.8) is 0 Å². The van der Waals surface area contributed by atoms with Gasteiger partial charge in [-0.05, 0) is 30.5 Å². The zero-order valence-corrected chi connectivity index (χ0v) is 6.93. The predicted molar refractivity (Wildman–Crippen MR) is 43.3 cm³/mol. The predicted octanol–water partition coefficient (Wildman–Crippen LogP) is 3.12. The molecular weight excluding hydrogens is 177 g/mol. The molecule has 70 valence electrons. The average Bonchev–Trinajstić information content (AvgIpc) is 2.14. The molecule has 0 spiro atoms. The second kappa shape index (κ2) is 2.76. The third kappa shape index (κ3) is 1.23. The van der Waals surface area contributed by atoms with Crippen LogP contribution in [0.1, 0.15) is 18.4 Å². The van der Waals surface area contributed by atoms with Gasteiger partial charge in [0.05, 0.1) is 0 Å². The molecule has 0 N–H and O–H groups in total. The van der Waals surface area contributed by atoms with E-state index >= 15 is 0 Å². The molecule has 13 heavy (non-hydrogen) atoms. The summed E-state index contributed by atoms with van der Waals surface area (Å²) in [6.45, 7) is 0. The molecule has 0 unspecified atom stereocenters. The molecular formula is C10H9F3. The van der Waals surface area contributed by atoms with Gasteiger partial charge in [0, 0.05) is 0 Å². The van der Waals surface area contributed by atoms with Crippen LogP contribution in [0.5, 0.6) is 0 Å². The topological polar surface area (TPSA) is 0 Å². The first kappa shape index (κ1) is 8.60. The van der Waals surface area contributed by atoms with Crippen molar-refractivity contribution in [3.05, 3.63) is 35.6 Å². The van der Waals surface area contributed by atoms with Crippen LogP contribution in [0.25, 0.3) is 0 Å². The molecule has 0 aliphatic heterocycles. The quantitative estimate of drug-likeness (QED) is 0.632. The van der Waals surface area contributed by atoms with Gasteiger partial charge in [0.1, 0.15) is 12.0 Å². The zero-order chi connectivity index (χ0) is 9.47. The molecule has 1 aliphatic rings. The average molecular weight is 186 g/mol. The Kier molecular flexibility index (Phi) is 1.82. The standard InChI is InChI=1S/C10H9F3/c11-8-3-1-2-7(6-8)10(13)5-4-9(10)12/h1-3,6,9H,4-5H2/t9-,10-/m1/s1. The van der Waals surface area contributed by atoms with Gasteiger partial charge in [-0.3, -0.25) is 0 Å². The minimum atomic E-state index is -1.94. The number of halogens is 3. The molecule has 3 heteroatoms. The summed E-state index contributed by atoms with van der Waals surface area (Å²) in [5, 5.41) is 0. The molecule has 0 amide bonds. The largest absolute Gasteiger partial charge is 0.244 e. The third-order valence-corrected chi connectivity index (χ3v) is 2.56. The van der Waals surface area contributed by atoms with Crippen LogP contribution in [0.15, 0.2) is 24.3 Å². The van der Waals surface area contributed by atoms with Crippen LogP contribution in [-0.4, -0.2) is 6.17 Å². The molecule has 1 aromatic rings. The fourth-order valence-corrected chi connectivity index (χ4v) is 1.58. The molecule has 0 heterocycles. The second-order valence-electron chi connectivity index (χ2n) is 3.38. The van der Waals surface area contributed by atoms with Gasteiger partial charge in [-0.2, -0.15) is 0 Å². The maximum Gasteiger partial charge on any atom is 0.167 e. The first-order valence-corrected chi connectivity index (χ1v) is 4.22. The second-order valence-corrected chi connectivity index (χ2v) is 3.38. The summed E-state index contributed by atoms with van der Waals surface area (Å²) in [5.41, 5.74) is -1.83. The van der Waals surface area contributed by atoms with Crippen LogP contribution in [0.4, 0.5) is 13.2 Å². The lowest BCUT2D eigenvalue weighted by molar-refractivity contribution is -0.0431. The van der Waals surface area contributed by atoms with E-state index in [1.165, 1.54) is 18.2 Å². The van der Waals surface area contributed by atoms with Crippen molar-refractivity contribution in [2.75, 3.05) is 0 Å². The lowest BCUT2D eigenvalue weighted by atomic mass is 9.75. The number of benzene rings is 1. The minimum absolute atomic E-state index is 0.117. The van der Waals surface area contributed by atoms with Crippen molar-refractivity contribution in [2.24, 2.45) is 0 Å². The van der Waals surface area contributed by atoms with Crippen LogP contribution in [0, 0.1) is 5.82 Å². The van der Waals surface area contributed by atoms with Crippen molar-refractivity contribution in [2.45, 2.75) is 24.7 Å². The highest BCUT2D eigenvalue weighted by atomic mass is 19.2. The first-order valence-electron chi connectivity index (χ1n) is 4.22. The van der Waals surface area contributed by atoms with Crippen LogP contribution in [0.3, 0.4) is 0 Å². The summed E-state index contributed by atoms with van der Waals surface area (Å²) in [4.78, 5) is 0. The molecule has 1 fully saturated rings. The van der Waals surface area contributed by atoms with Crippen LogP contribution >= 0.6 is 0 Å². The van der Waals surface area contributed by atoms with Gasteiger partial charge in [0.15, 0.2) is 5.67 Å². The van der Waals surface area contributed by atoms with E-state index < -0.39 is 17.7 Å².